The van der Waals surface area contributed by atoms with Crippen molar-refractivity contribution < 1.29 is 32.5 Å². The van der Waals surface area contributed by atoms with Gasteiger partial charge in [-0.05, 0) is 26.7 Å². The van der Waals surface area contributed by atoms with E-state index in [1.54, 1.807) is 13.8 Å². The molecule has 0 saturated heterocycles. The van der Waals surface area contributed by atoms with Crippen LogP contribution in [-0.4, -0.2) is 44.1 Å². The van der Waals surface area contributed by atoms with Gasteiger partial charge in [0.05, 0.1) is 18.8 Å². The van der Waals surface area contributed by atoms with Gasteiger partial charge in [0.1, 0.15) is 5.57 Å². The van der Waals surface area contributed by atoms with Gasteiger partial charge in [0, 0.05) is 13.0 Å². The van der Waals surface area contributed by atoms with Crippen molar-refractivity contribution in [3.63, 3.8) is 0 Å². The molecule has 2 rings (SSSR count). The van der Waals surface area contributed by atoms with Crippen LogP contribution in [0.1, 0.15) is 52.4 Å². The number of halogens is 2. The highest BCUT2D eigenvalue weighted by Gasteiger charge is 2.40. The predicted octanol–water partition coefficient (Wildman–Crippen LogP) is 3.57. The number of esters is 1. The summed E-state index contributed by atoms with van der Waals surface area (Å²) in [4.78, 5) is 12.1. The predicted molar refractivity (Wildman–Crippen MR) is 82.5 cm³/mol. The average Bonchev–Trinajstić information content (AvgIpc) is 2.55. The molecule has 1 aliphatic carbocycles. The van der Waals surface area contributed by atoms with Crippen LogP contribution < -0.4 is 0 Å². The lowest BCUT2D eigenvalue weighted by Gasteiger charge is -2.35. The Balaban J connectivity index is 2.17. The SMILES string of the molecule is CCOC(=O)C1=C(C(F)F)OC(OC2CCCCC2)CC1OCC. The van der Waals surface area contributed by atoms with Crippen LogP contribution in [0.25, 0.3) is 0 Å². The number of hydrogen-bond acceptors (Lipinski definition) is 5. The van der Waals surface area contributed by atoms with Gasteiger partial charge in [-0.2, -0.15) is 0 Å². The lowest BCUT2D eigenvalue weighted by atomic mass is 9.97. The molecule has 0 radical (unpaired) electrons. The highest BCUT2D eigenvalue weighted by Crippen LogP contribution is 2.33. The van der Waals surface area contributed by atoms with E-state index in [-0.39, 0.29) is 24.7 Å². The van der Waals surface area contributed by atoms with Crippen LogP contribution in [0.5, 0.6) is 0 Å². The Hall–Kier alpha value is -1.21. The molecule has 5 nitrogen and oxygen atoms in total. The third kappa shape index (κ3) is 4.89. The smallest absolute Gasteiger partial charge is 0.340 e. The number of hydrogen-bond donors (Lipinski definition) is 0. The first kappa shape index (κ1) is 19.1. The summed E-state index contributed by atoms with van der Waals surface area (Å²) in [6.45, 7) is 3.76. The Bertz CT molecular complexity index is 446. The molecule has 138 valence electrons. The van der Waals surface area contributed by atoms with E-state index in [9.17, 15) is 13.6 Å². The molecule has 0 aromatic carbocycles. The van der Waals surface area contributed by atoms with Gasteiger partial charge in [-0.15, -0.1) is 0 Å². The van der Waals surface area contributed by atoms with Gasteiger partial charge in [-0.1, -0.05) is 19.3 Å². The maximum absolute atomic E-state index is 13.4. The van der Waals surface area contributed by atoms with Crippen molar-refractivity contribution >= 4 is 5.97 Å². The highest BCUT2D eigenvalue weighted by atomic mass is 19.3. The van der Waals surface area contributed by atoms with Gasteiger partial charge in [0.2, 0.25) is 6.29 Å². The minimum absolute atomic E-state index is 0.00842. The average molecular weight is 348 g/mol. The quantitative estimate of drug-likeness (QED) is 0.659. The first-order chi connectivity index (χ1) is 11.6. The van der Waals surface area contributed by atoms with Crippen LogP contribution in [0.15, 0.2) is 11.3 Å². The van der Waals surface area contributed by atoms with E-state index in [1.807, 2.05) is 0 Å². The number of carbonyl (C=O) groups excluding carboxylic acids is 1. The molecule has 2 aliphatic rings. The van der Waals surface area contributed by atoms with Gasteiger partial charge in [-0.25, -0.2) is 13.6 Å². The van der Waals surface area contributed by atoms with Gasteiger partial charge in [-0.3, -0.25) is 0 Å². The molecule has 0 spiro atoms. The zero-order chi connectivity index (χ0) is 17.5. The maximum Gasteiger partial charge on any atom is 0.340 e. The number of ether oxygens (including phenoxy) is 4. The van der Waals surface area contributed by atoms with Crippen molar-refractivity contribution in [3.8, 4) is 0 Å². The van der Waals surface area contributed by atoms with E-state index < -0.39 is 30.5 Å². The highest BCUT2D eigenvalue weighted by molar-refractivity contribution is 5.90. The van der Waals surface area contributed by atoms with E-state index in [2.05, 4.69) is 0 Å². The summed E-state index contributed by atoms with van der Waals surface area (Å²) >= 11 is 0. The standard InChI is InChI=1S/C17H26F2O5/c1-3-21-12-10-13(23-11-8-6-5-7-9-11)24-15(16(18)19)14(12)17(20)22-4-2/h11-13,16H,3-10H2,1-2H3. The maximum atomic E-state index is 13.4. The summed E-state index contributed by atoms with van der Waals surface area (Å²) in [6, 6.07) is 0. The van der Waals surface area contributed by atoms with Crippen LogP contribution in [0.3, 0.4) is 0 Å². The molecule has 0 N–H and O–H groups in total. The monoisotopic (exact) mass is 348 g/mol. The number of alkyl halides is 2. The van der Waals surface area contributed by atoms with Crippen molar-refractivity contribution in [2.75, 3.05) is 13.2 Å². The Morgan fingerprint density at radius 1 is 1.21 bits per heavy atom. The van der Waals surface area contributed by atoms with Crippen LogP contribution >= 0.6 is 0 Å². The fourth-order valence-corrected chi connectivity index (χ4v) is 3.17. The molecule has 0 aromatic rings. The van der Waals surface area contributed by atoms with E-state index in [0.717, 1.165) is 25.7 Å². The summed E-state index contributed by atoms with van der Waals surface area (Å²) in [5.74, 6) is -1.50. The molecule has 24 heavy (non-hydrogen) atoms. The minimum Gasteiger partial charge on any atom is -0.462 e. The minimum atomic E-state index is -2.93. The second kappa shape index (κ2) is 9.32. The molecule has 1 saturated carbocycles. The molecule has 1 heterocycles. The van der Waals surface area contributed by atoms with Crippen molar-refractivity contribution in [2.45, 2.75) is 77.3 Å². The zero-order valence-electron chi connectivity index (χ0n) is 14.3. The van der Waals surface area contributed by atoms with Gasteiger partial charge in [0.15, 0.2) is 5.76 Å². The van der Waals surface area contributed by atoms with Crippen LogP contribution in [-0.2, 0) is 23.7 Å². The van der Waals surface area contributed by atoms with Crippen LogP contribution in [0.2, 0.25) is 0 Å². The molecule has 7 heteroatoms. The Morgan fingerprint density at radius 3 is 2.50 bits per heavy atom. The number of rotatable bonds is 7. The normalized spacial score (nSPS) is 25.7. The topological polar surface area (TPSA) is 54.0 Å². The zero-order valence-corrected chi connectivity index (χ0v) is 14.3. The summed E-state index contributed by atoms with van der Waals surface area (Å²) in [5.41, 5.74) is -0.225. The summed E-state index contributed by atoms with van der Waals surface area (Å²) in [7, 11) is 0. The van der Waals surface area contributed by atoms with Crippen molar-refractivity contribution in [1.29, 1.82) is 0 Å². The fourth-order valence-electron chi connectivity index (χ4n) is 3.17. The van der Waals surface area contributed by atoms with Gasteiger partial charge in [0.25, 0.3) is 6.43 Å². The molecule has 1 fully saturated rings. The van der Waals surface area contributed by atoms with Gasteiger partial charge >= 0.3 is 5.97 Å². The molecule has 1 aliphatic heterocycles. The molecule has 0 bridgehead atoms. The summed E-state index contributed by atoms with van der Waals surface area (Å²) in [6.07, 6.45) is 0.758. The largest absolute Gasteiger partial charge is 0.462 e. The van der Waals surface area contributed by atoms with E-state index >= 15 is 0 Å². The Morgan fingerprint density at radius 2 is 1.92 bits per heavy atom. The fraction of sp³-hybridized carbons (Fsp3) is 0.824. The first-order valence-corrected chi connectivity index (χ1v) is 8.69. The second-order valence-corrected chi connectivity index (χ2v) is 5.92. The summed E-state index contributed by atoms with van der Waals surface area (Å²) in [5, 5.41) is 0. The molecule has 2 atom stereocenters. The van der Waals surface area contributed by atoms with Crippen molar-refractivity contribution in [3.05, 3.63) is 11.3 Å². The Labute approximate surface area is 141 Å². The number of carbonyl (C=O) groups is 1. The van der Waals surface area contributed by atoms with Crippen molar-refractivity contribution in [2.24, 2.45) is 0 Å². The van der Waals surface area contributed by atoms with Crippen LogP contribution in [0, 0.1) is 0 Å². The molecular weight excluding hydrogens is 322 g/mol. The first-order valence-electron chi connectivity index (χ1n) is 8.69. The van der Waals surface area contributed by atoms with E-state index in [4.69, 9.17) is 18.9 Å². The third-order valence-electron chi connectivity index (χ3n) is 4.21. The molecule has 2 unspecified atom stereocenters. The third-order valence-corrected chi connectivity index (χ3v) is 4.21. The summed E-state index contributed by atoms with van der Waals surface area (Å²) < 4.78 is 48.5. The van der Waals surface area contributed by atoms with Crippen molar-refractivity contribution in [1.82, 2.24) is 0 Å². The van der Waals surface area contributed by atoms with E-state index in [1.165, 1.54) is 6.42 Å². The molecule has 0 aromatic heterocycles. The molecule has 0 amide bonds. The number of allylic oxidation sites excluding steroid dienone is 1. The van der Waals surface area contributed by atoms with Gasteiger partial charge < -0.3 is 18.9 Å². The van der Waals surface area contributed by atoms with Crippen LogP contribution in [0.4, 0.5) is 8.78 Å². The lowest BCUT2D eigenvalue weighted by molar-refractivity contribution is -0.193. The lowest BCUT2D eigenvalue weighted by Crippen LogP contribution is -2.39. The van der Waals surface area contributed by atoms with E-state index in [0.29, 0.717) is 6.61 Å². The Kier molecular flexibility index (Phi) is 7.42. The second-order valence-electron chi connectivity index (χ2n) is 5.92. The molecular formula is C17H26F2O5.